The average Bonchev–Trinajstić information content (AvgIpc) is 2.76. The van der Waals surface area contributed by atoms with Crippen LogP contribution in [0.5, 0.6) is 5.75 Å². The zero-order valence-electron chi connectivity index (χ0n) is 10.3. The van der Waals surface area contributed by atoms with Gasteiger partial charge in [0.1, 0.15) is 5.75 Å². The molecule has 0 amide bonds. The van der Waals surface area contributed by atoms with Crippen LogP contribution in [-0.4, -0.2) is 5.11 Å². The molecule has 0 aliphatic heterocycles. The Kier molecular flexibility index (Phi) is 3.38. The molecule has 0 heterocycles. The van der Waals surface area contributed by atoms with E-state index in [-0.39, 0.29) is 11.2 Å². The van der Waals surface area contributed by atoms with Gasteiger partial charge in [0, 0.05) is 0 Å². The van der Waals surface area contributed by atoms with Gasteiger partial charge in [-0.3, -0.25) is 0 Å². The van der Waals surface area contributed by atoms with Crippen molar-refractivity contribution in [3.8, 4) is 11.8 Å². The molecule has 0 saturated heterocycles. The van der Waals surface area contributed by atoms with Crippen molar-refractivity contribution in [1.29, 1.82) is 5.26 Å². The van der Waals surface area contributed by atoms with Crippen LogP contribution in [0.2, 0.25) is 0 Å². The fourth-order valence-electron chi connectivity index (χ4n) is 2.89. The molecule has 0 bridgehead atoms. The molecule has 1 fully saturated rings. The Morgan fingerprint density at radius 2 is 2.12 bits per heavy atom. The Balaban J connectivity index is 2.11. The predicted octanol–water partition coefficient (Wildman–Crippen LogP) is 3.65. The van der Waals surface area contributed by atoms with Crippen molar-refractivity contribution in [3.63, 3.8) is 0 Å². The van der Waals surface area contributed by atoms with Crippen LogP contribution in [-0.2, 0) is 6.42 Å². The van der Waals surface area contributed by atoms with E-state index in [1.807, 2.05) is 12.1 Å². The van der Waals surface area contributed by atoms with Crippen LogP contribution >= 0.6 is 0 Å². The van der Waals surface area contributed by atoms with E-state index < -0.39 is 0 Å². The van der Waals surface area contributed by atoms with Crippen molar-refractivity contribution in [2.45, 2.75) is 39.0 Å². The van der Waals surface area contributed by atoms with Gasteiger partial charge in [0.05, 0.1) is 11.5 Å². The van der Waals surface area contributed by atoms with E-state index in [9.17, 15) is 10.4 Å². The van der Waals surface area contributed by atoms with Crippen LogP contribution in [0, 0.1) is 22.7 Å². The Labute approximate surface area is 103 Å². The Morgan fingerprint density at radius 3 is 2.65 bits per heavy atom. The van der Waals surface area contributed by atoms with Gasteiger partial charge < -0.3 is 5.11 Å². The first-order valence-electron chi connectivity index (χ1n) is 6.36. The fourth-order valence-corrected chi connectivity index (χ4v) is 2.89. The molecule has 2 atom stereocenters. The number of phenols is 1. The van der Waals surface area contributed by atoms with Gasteiger partial charge >= 0.3 is 0 Å². The number of nitrogens with zero attached hydrogens (tertiary/aromatic N) is 1. The van der Waals surface area contributed by atoms with Crippen LogP contribution in [0.3, 0.4) is 0 Å². The fraction of sp³-hybridized carbons (Fsp3) is 0.533. The summed E-state index contributed by atoms with van der Waals surface area (Å²) in [5.41, 5.74) is 0.985. The molecule has 90 valence electrons. The Hall–Kier alpha value is -1.49. The van der Waals surface area contributed by atoms with Gasteiger partial charge in [-0.1, -0.05) is 25.5 Å². The maximum atomic E-state index is 9.45. The summed E-state index contributed by atoms with van der Waals surface area (Å²) in [5.74, 6) is 1.00. The third-order valence-corrected chi connectivity index (χ3v) is 4.00. The molecule has 1 saturated carbocycles. The van der Waals surface area contributed by atoms with Crippen molar-refractivity contribution in [2.24, 2.45) is 11.3 Å². The molecule has 0 spiro atoms. The Bertz CT molecular complexity index is 418. The summed E-state index contributed by atoms with van der Waals surface area (Å²) >= 11 is 0. The second kappa shape index (κ2) is 4.79. The molecule has 1 aliphatic rings. The van der Waals surface area contributed by atoms with Crippen LogP contribution < -0.4 is 0 Å². The minimum absolute atomic E-state index is 0.169. The number of nitriles is 1. The highest BCUT2D eigenvalue weighted by Gasteiger charge is 2.38. The van der Waals surface area contributed by atoms with Crippen molar-refractivity contribution < 1.29 is 5.11 Å². The van der Waals surface area contributed by atoms with Crippen LogP contribution in [0.4, 0.5) is 0 Å². The van der Waals surface area contributed by atoms with Crippen molar-refractivity contribution in [3.05, 3.63) is 29.8 Å². The smallest absolute Gasteiger partial charge is 0.115 e. The lowest BCUT2D eigenvalue weighted by Crippen LogP contribution is -2.17. The Morgan fingerprint density at radius 1 is 1.41 bits per heavy atom. The van der Waals surface area contributed by atoms with Crippen molar-refractivity contribution in [2.75, 3.05) is 0 Å². The van der Waals surface area contributed by atoms with E-state index in [2.05, 4.69) is 13.0 Å². The molecule has 1 N–H and O–H groups in total. The lowest BCUT2D eigenvalue weighted by molar-refractivity contribution is 0.380. The van der Waals surface area contributed by atoms with Crippen molar-refractivity contribution >= 4 is 0 Å². The minimum Gasteiger partial charge on any atom is -0.508 e. The zero-order valence-corrected chi connectivity index (χ0v) is 10.3. The third kappa shape index (κ3) is 2.61. The molecule has 2 unspecified atom stereocenters. The van der Waals surface area contributed by atoms with Crippen LogP contribution in [0.25, 0.3) is 0 Å². The maximum absolute atomic E-state index is 9.45. The van der Waals surface area contributed by atoms with Gasteiger partial charge in [-0.2, -0.15) is 5.26 Å². The molecule has 1 aromatic carbocycles. The number of phenolic OH excluding ortho intramolecular Hbond substituents is 1. The average molecular weight is 229 g/mol. The summed E-state index contributed by atoms with van der Waals surface area (Å²) in [4.78, 5) is 0. The second-order valence-corrected chi connectivity index (χ2v) is 5.25. The summed E-state index contributed by atoms with van der Waals surface area (Å²) in [6.45, 7) is 2.21. The first-order valence-corrected chi connectivity index (χ1v) is 6.36. The summed E-state index contributed by atoms with van der Waals surface area (Å²) in [6, 6.07) is 9.79. The standard InChI is InChI=1S/C15H19NO/c1-2-12-7-8-15(9-12,11-16)10-13-3-5-14(17)6-4-13/h3-6,12,17H,2,7-10H2,1H3. The molecule has 1 aromatic rings. The largest absolute Gasteiger partial charge is 0.508 e. The third-order valence-electron chi connectivity index (χ3n) is 4.00. The zero-order chi connectivity index (χ0) is 12.3. The molecular weight excluding hydrogens is 210 g/mol. The molecule has 0 radical (unpaired) electrons. The number of benzene rings is 1. The van der Waals surface area contributed by atoms with Crippen LogP contribution in [0.15, 0.2) is 24.3 Å². The van der Waals surface area contributed by atoms with Crippen LogP contribution in [0.1, 0.15) is 38.2 Å². The number of aromatic hydroxyl groups is 1. The first-order chi connectivity index (χ1) is 8.17. The highest BCUT2D eigenvalue weighted by atomic mass is 16.3. The SMILES string of the molecule is CCC1CCC(C#N)(Cc2ccc(O)cc2)C1. The van der Waals surface area contributed by atoms with E-state index in [1.54, 1.807) is 12.1 Å². The van der Waals surface area contributed by atoms with Crippen molar-refractivity contribution in [1.82, 2.24) is 0 Å². The second-order valence-electron chi connectivity index (χ2n) is 5.25. The monoisotopic (exact) mass is 229 g/mol. The maximum Gasteiger partial charge on any atom is 0.115 e. The summed E-state index contributed by atoms with van der Waals surface area (Å²) in [6.07, 6.45) is 5.23. The molecule has 2 nitrogen and oxygen atoms in total. The van der Waals surface area contributed by atoms with E-state index >= 15 is 0 Å². The number of hydrogen-bond donors (Lipinski definition) is 1. The number of hydrogen-bond acceptors (Lipinski definition) is 2. The van der Waals surface area contributed by atoms with Gasteiger partial charge in [0.15, 0.2) is 0 Å². The molecular formula is C15H19NO. The lowest BCUT2D eigenvalue weighted by atomic mass is 9.80. The summed E-state index contributed by atoms with van der Waals surface area (Å²) in [5, 5.41) is 18.7. The van der Waals surface area contributed by atoms with Gasteiger partial charge in [-0.15, -0.1) is 0 Å². The topological polar surface area (TPSA) is 44.0 Å². The lowest BCUT2D eigenvalue weighted by Gasteiger charge is -2.21. The van der Waals surface area contributed by atoms with E-state index in [0.29, 0.717) is 5.92 Å². The van der Waals surface area contributed by atoms with E-state index in [4.69, 9.17) is 0 Å². The van der Waals surface area contributed by atoms with Gasteiger partial charge in [0.2, 0.25) is 0 Å². The molecule has 2 heteroatoms. The summed E-state index contributed by atoms with van der Waals surface area (Å²) < 4.78 is 0. The highest BCUT2D eigenvalue weighted by molar-refractivity contribution is 5.28. The number of rotatable bonds is 3. The normalized spacial score (nSPS) is 27.9. The van der Waals surface area contributed by atoms with Gasteiger partial charge in [-0.05, 0) is 49.3 Å². The highest BCUT2D eigenvalue weighted by Crippen LogP contribution is 2.44. The molecule has 17 heavy (non-hydrogen) atoms. The minimum atomic E-state index is -0.169. The molecule has 1 aliphatic carbocycles. The quantitative estimate of drug-likeness (QED) is 0.859. The molecule has 2 rings (SSSR count). The predicted molar refractivity (Wildman–Crippen MR) is 67.5 cm³/mol. The van der Waals surface area contributed by atoms with Gasteiger partial charge in [0.25, 0.3) is 0 Å². The molecule has 0 aromatic heterocycles. The van der Waals surface area contributed by atoms with E-state index in [0.717, 1.165) is 24.8 Å². The summed E-state index contributed by atoms with van der Waals surface area (Å²) in [7, 11) is 0. The van der Waals surface area contributed by atoms with Gasteiger partial charge in [-0.25, -0.2) is 0 Å². The first kappa shape index (κ1) is 12.0. The van der Waals surface area contributed by atoms with E-state index in [1.165, 1.54) is 12.8 Å².